The van der Waals surface area contributed by atoms with Crippen LogP contribution in [0.25, 0.3) is 10.9 Å². The molecular formula is C49H50N5O7P. The molecule has 0 bridgehead atoms. The molecule has 8 rings (SSSR count). The summed E-state index contributed by atoms with van der Waals surface area (Å²) >= 11 is 0. The molecule has 12 nitrogen and oxygen atoms in total. The SMILES string of the molecule is Nc1n[nH]c2ccc(CN3C(=O)N(Cc4ccc(OCP(=O)(OCc5ccccc5)OCc5ccccc5)cc4)[C@H](Cc4ccccc4)[C@H](O)[C@@H](O)[C@H]3Cc3ccccc3)cc12. The number of aliphatic hydroxyl groups is 2. The van der Waals surface area contributed by atoms with Gasteiger partial charge in [0, 0.05) is 18.5 Å². The number of fused-ring (bicyclic) bond motifs is 1. The molecule has 2 amide bonds. The van der Waals surface area contributed by atoms with E-state index in [1.54, 1.807) is 21.9 Å². The molecule has 0 spiro atoms. The number of hydrogen-bond donors (Lipinski definition) is 4. The molecule has 0 saturated carbocycles. The van der Waals surface area contributed by atoms with E-state index in [-0.39, 0.29) is 38.7 Å². The van der Waals surface area contributed by atoms with Gasteiger partial charge in [-0.25, -0.2) is 4.79 Å². The number of aromatic nitrogens is 2. The second kappa shape index (κ2) is 19.6. The summed E-state index contributed by atoms with van der Waals surface area (Å²) in [4.78, 5) is 18.6. The summed E-state index contributed by atoms with van der Waals surface area (Å²) in [6.45, 7) is 0.417. The lowest BCUT2D eigenvalue weighted by Crippen LogP contribution is -2.50. The van der Waals surface area contributed by atoms with Gasteiger partial charge in [0.2, 0.25) is 0 Å². The minimum Gasteiger partial charge on any atom is -0.481 e. The van der Waals surface area contributed by atoms with E-state index in [0.717, 1.165) is 44.3 Å². The Balaban J connectivity index is 1.06. The van der Waals surface area contributed by atoms with Crippen molar-refractivity contribution in [1.29, 1.82) is 0 Å². The highest BCUT2D eigenvalue weighted by atomic mass is 31.2. The molecule has 1 aromatic heterocycles. The number of ether oxygens (including phenoxy) is 1. The van der Waals surface area contributed by atoms with Crippen LogP contribution in [0.2, 0.25) is 0 Å². The van der Waals surface area contributed by atoms with Crippen molar-refractivity contribution in [1.82, 2.24) is 20.0 Å². The first kappa shape index (κ1) is 42.4. The van der Waals surface area contributed by atoms with E-state index in [1.807, 2.05) is 152 Å². The molecule has 0 unspecified atom stereocenters. The number of carbonyl (C=O) groups excluding carboxylic acids is 1. The van der Waals surface area contributed by atoms with Crippen LogP contribution in [-0.2, 0) is 52.8 Å². The van der Waals surface area contributed by atoms with Gasteiger partial charge in [-0.2, -0.15) is 5.10 Å². The normalized spacial score (nSPS) is 18.2. The van der Waals surface area contributed by atoms with Crippen LogP contribution in [-0.4, -0.2) is 66.9 Å². The Kier molecular flexibility index (Phi) is 13.4. The number of nitrogen functional groups attached to an aromatic ring is 1. The molecule has 1 fully saturated rings. The minimum atomic E-state index is -3.75. The zero-order chi connectivity index (χ0) is 42.9. The number of aromatic amines is 1. The number of aliphatic hydroxyl groups excluding tert-OH is 2. The molecule has 0 aliphatic carbocycles. The number of benzene rings is 6. The van der Waals surface area contributed by atoms with Gasteiger partial charge in [0.25, 0.3) is 0 Å². The molecule has 13 heteroatoms. The van der Waals surface area contributed by atoms with Crippen LogP contribution in [0, 0.1) is 0 Å². The fourth-order valence-electron chi connectivity index (χ4n) is 7.84. The number of nitrogens with two attached hydrogens (primary N) is 1. The van der Waals surface area contributed by atoms with Crippen molar-refractivity contribution < 1.29 is 33.4 Å². The Labute approximate surface area is 361 Å². The number of nitrogens with zero attached hydrogens (tertiary/aromatic N) is 3. The maximum atomic E-state index is 15.2. The fraction of sp³-hybridized carbons (Fsp3) is 0.224. The van der Waals surface area contributed by atoms with E-state index in [0.29, 0.717) is 24.4 Å². The first-order chi connectivity index (χ1) is 30.2. The van der Waals surface area contributed by atoms with Crippen molar-refractivity contribution in [3.05, 3.63) is 197 Å². The average molecular weight is 852 g/mol. The van der Waals surface area contributed by atoms with Crippen molar-refractivity contribution in [3.8, 4) is 5.75 Å². The van der Waals surface area contributed by atoms with E-state index in [2.05, 4.69) is 10.2 Å². The Bertz CT molecular complexity index is 2520. The third kappa shape index (κ3) is 10.4. The van der Waals surface area contributed by atoms with E-state index >= 15 is 4.79 Å². The van der Waals surface area contributed by atoms with Crippen LogP contribution in [0.4, 0.5) is 10.6 Å². The maximum Gasteiger partial charge on any atom is 0.368 e. The Morgan fingerprint density at radius 3 is 1.55 bits per heavy atom. The third-order valence-corrected chi connectivity index (χ3v) is 12.7. The van der Waals surface area contributed by atoms with Gasteiger partial charge in [-0.3, -0.25) is 9.66 Å². The highest BCUT2D eigenvalue weighted by molar-refractivity contribution is 7.53. The van der Waals surface area contributed by atoms with Gasteiger partial charge in [-0.05, 0) is 70.5 Å². The summed E-state index contributed by atoms with van der Waals surface area (Å²) in [5, 5.41) is 32.1. The third-order valence-electron chi connectivity index (χ3n) is 11.2. The van der Waals surface area contributed by atoms with Crippen molar-refractivity contribution in [2.75, 3.05) is 12.1 Å². The first-order valence-electron chi connectivity index (χ1n) is 20.6. The summed E-state index contributed by atoms with van der Waals surface area (Å²) in [6.07, 6.45) is -2.30. The van der Waals surface area contributed by atoms with Crippen molar-refractivity contribution in [2.24, 2.45) is 0 Å². The molecule has 1 aliphatic rings. The van der Waals surface area contributed by atoms with Gasteiger partial charge in [-0.15, -0.1) is 0 Å². The van der Waals surface area contributed by atoms with Crippen molar-refractivity contribution in [2.45, 2.75) is 63.4 Å². The first-order valence-corrected chi connectivity index (χ1v) is 22.4. The number of rotatable bonds is 17. The van der Waals surface area contributed by atoms with Crippen molar-refractivity contribution >= 4 is 30.3 Å². The van der Waals surface area contributed by atoms with Gasteiger partial charge < -0.3 is 39.5 Å². The molecular weight excluding hydrogens is 802 g/mol. The van der Waals surface area contributed by atoms with E-state index in [1.165, 1.54) is 0 Å². The lowest BCUT2D eigenvalue weighted by atomic mass is 9.91. The van der Waals surface area contributed by atoms with E-state index in [4.69, 9.17) is 19.5 Å². The molecule has 7 aromatic rings. The number of H-pyrrole nitrogens is 1. The Morgan fingerprint density at radius 2 is 1.05 bits per heavy atom. The topological polar surface area (TPSA) is 163 Å². The zero-order valence-electron chi connectivity index (χ0n) is 34.1. The smallest absolute Gasteiger partial charge is 0.368 e. The van der Waals surface area contributed by atoms with Gasteiger partial charge in [0.1, 0.15) is 18.0 Å². The number of anilines is 1. The summed E-state index contributed by atoms with van der Waals surface area (Å²) in [6, 6.07) is 49.1. The fourth-order valence-corrected chi connectivity index (χ4v) is 9.06. The van der Waals surface area contributed by atoms with Gasteiger partial charge in [0.05, 0.1) is 30.8 Å². The number of urea groups is 1. The standard InChI is InChI=1S/C49H50N5O7P/c50-48-42-27-40(23-26-43(42)51-52-48)31-54-45(29-36-15-7-2-8-16-36)47(56)46(55)44(28-35-13-5-1-6-14-35)53(49(54)57)30-37-21-24-41(25-22-37)59-34-62(58,60-32-38-17-9-3-10-18-38)61-33-39-19-11-4-12-20-39/h1-27,44-47,55-56H,28-34H2,(H3,50,51,52)/t44-,45-,46+,47+/m1/s1. The molecule has 6 aromatic carbocycles. The van der Waals surface area contributed by atoms with Crippen LogP contribution in [0.15, 0.2) is 164 Å². The quantitative estimate of drug-likeness (QED) is 0.0658. The summed E-state index contributed by atoms with van der Waals surface area (Å²) in [5.41, 5.74) is 12.0. The highest BCUT2D eigenvalue weighted by Gasteiger charge is 2.46. The van der Waals surface area contributed by atoms with E-state index < -0.39 is 31.9 Å². The second-order valence-electron chi connectivity index (χ2n) is 15.6. The number of amides is 2. The molecule has 1 aliphatic heterocycles. The van der Waals surface area contributed by atoms with Gasteiger partial charge >= 0.3 is 13.6 Å². The Hall–Kier alpha value is -6.27. The molecule has 2 heterocycles. The minimum absolute atomic E-state index is 0.0823. The summed E-state index contributed by atoms with van der Waals surface area (Å²) in [7, 11) is -3.75. The second-order valence-corrected chi connectivity index (χ2v) is 17.6. The predicted molar refractivity (Wildman–Crippen MR) is 239 cm³/mol. The molecule has 62 heavy (non-hydrogen) atoms. The van der Waals surface area contributed by atoms with Crippen LogP contribution in [0.1, 0.15) is 33.4 Å². The van der Waals surface area contributed by atoms with Crippen LogP contribution in [0.3, 0.4) is 0 Å². The van der Waals surface area contributed by atoms with Gasteiger partial charge in [-0.1, -0.05) is 140 Å². The van der Waals surface area contributed by atoms with Crippen LogP contribution < -0.4 is 10.5 Å². The summed E-state index contributed by atoms with van der Waals surface area (Å²) < 4.78 is 32.0. The predicted octanol–water partition coefficient (Wildman–Crippen LogP) is 8.49. The lowest BCUT2D eigenvalue weighted by molar-refractivity contribution is -0.0408. The lowest BCUT2D eigenvalue weighted by Gasteiger charge is -2.36. The molecule has 318 valence electrons. The zero-order valence-corrected chi connectivity index (χ0v) is 35.0. The summed E-state index contributed by atoms with van der Waals surface area (Å²) in [5.74, 6) is 0.775. The number of carbonyl (C=O) groups is 1. The number of hydrogen-bond acceptors (Lipinski definition) is 9. The monoisotopic (exact) mass is 851 g/mol. The van der Waals surface area contributed by atoms with Crippen molar-refractivity contribution in [3.63, 3.8) is 0 Å². The largest absolute Gasteiger partial charge is 0.481 e. The van der Waals surface area contributed by atoms with Crippen LogP contribution >= 0.6 is 7.60 Å². The molecule has 0 radical (unpaired) electrons. The number of nitrogens with one attached hydrogen (secondary N) is 1. The highest BCUT2D eigenvalue weighted by Crippen LogP contribution is 2.50. The molecule has 1 saturated heterocycles. The maximum absolute atomic E-state index is 15.2. The van der Waals surface area contributed by atoms with Gasteiger partial charge in [0.15, 0.2) is 12.2 Å². The van der Waals surface area contributed by atoms with E-state index in [9.17, 15) is 14.8 Å². The van der Waals surface area contributed by atoms with Crippen LogP contribution in [0.5, 0.6) is 5.75 Å². The Morgan fingerprint density at radius 1 is 0.597 bits per heavy atom. The average Bonchev–Trinajstić information content (AvgIpc) is 3.67. The molecule has 5 N–H and O–H groups in total. The molecule has 4 atom stereocenters.